The number of carbonyl (C=O) groups excluding carboxylic acids is 1. The Morgan fingerprint density at radius 1 is 1.46 bits per heavy atom. The SMILES string of the molecule is COC(=O)C12CC(C(=O)O)(CO1)C2. The second kappa shape index (κ2) is 2.23. The van der Waals surface area contributed by atoms with Crippen LogP contribution in [0.3, 0.4) is 0 Å². The third kappa shape index (κ3) is 0.848. The first kappa shape index (κ1) is 8.50. The Kier molecular flexibility index (Phi) is 1.46. The largest absolute Gasteiger partial charge is 0.481 e. The van der Waals surface area contributed by atoms with Crippen LogP contribution in [-0.4, -0.2) is 36.4 Å². The molecule has 1 N–H and O–H groups in total. The van der Waals surface area contributed by atoms with E-state index in [2.05, 4.69) is 4.74 Å². The van der Waals surface area contributed by atoms with Crippen LogP contribution in [0.5, 0.6) is 0 Å². The van der Waals surface area contributed by atoms with Gasteiger partial charge in [0, 0.05) is 12.8 Å². The van der Waals surface area contributed by atoms with Gasteiger partial charge in [-0.25, -0.2) is 4.79 Å². The van der Waals surface area contributed by atoms with E-state index >= 15 is 0 Å². The number of esters is 1. The first-order chi connectivity index (χ1) is 6.05. The Bertz CT molecular complexity index is 276. The van der Waals surface area contributed by atoms with Gasteiger partial charge < -0.3 is 14.6 Å². The molecule has 2 heterocycles. The lowest BCUT2D eigenvalue weighted by Crippen LogP contribution is -2.53. The predicted octanol–water partition coefficient (Wildman–Crippen LogP) is -0.207. The van der Waals surface area contributed by atoms with Gasteiger partial charge in [-0.3, -0.25) is 4.79 Å². The summed E-state index contributed by atoms with van der Waals surface area (Å²) in [7, 11) is 1.28. The summed E-state index contributed by atoms with van der Waals surface area (Å²) in [5.74, 6) is -1.34. The Hall–Kier alpha value is -1.10. The van der Waals surface area contributed by atoms with Crippen molar-refractivity contribution in [3.05, 3.63) is 0 Å². The molecule has 5 heteroatoms. The summed E-state index contributed by atoms with van der Waals surface area (Å²) in [6.45, 7) is 0.122. The fourth-order valence-electron chi connectivity index (χ4n) is 2.12. The molecule has 1 saturated carbocycles. The number of hydrogen-bond acceptors (Lipinski definition) is 4. The predicted molar refractivity (Wildman–Crippen MR) is 40.0 cm³/mol. The van der Waals surface area contributed by atoms with Crippen molar-refractivity contribution in [1.82, 2.24) is 0 Å². The van der Waals surface area contributed by atoms with Crippen molar-refractivity contribution in [2.45, 2.75) is 18.4 Å². The van der Waals surface area contributed by atoms with E-state index in [0.29, 0.717) is 0 Å². The van der Waals surface area contributed by atoms with E-state index in [4.69, 9.17) is 9.84 Å². The Labute approximate surface area is 74.6 Å². The van der Waals surface area contributed by atoms with Crippen LogP contribution in [0.1, 0.15) is 12.8 Å². The van der Waals surface area contributed by atoms with Crippen molar-refractivity contribution in [2.24, 2.45) is 5.41 Å². The minimum atomic E-state index is -0.951. The molecule has 5 nitrogen and oxygen atoms in total. The lowest BCUT2D eigenvalue weighted by molar-refractivity contribution is -0.172. The normalized spacial score (nSPS) is 41.0. The minimum Gasteiger partial charge on any atom is -0.481 e. The molecule has 0 aromatic heterocycles. The van der Waals surface area contributed by atoms with Crippen molar-refractivity contribution in [2.75, 3.05) is 13.7 Å². The van der Waals surface area contributed by atoms with Crippen molar-refractivity contribution in [3.63, 3.8) is 0 Å². The van der Waals surface area contributed by atoms with Crippen LogP contribution >= 0.6 is 0 Å². The van der Waals surface area contributed by atoms with Gasteiger partial charge in [0.1, 0.15) is 0 Å². The Morgan fingerprint density at radius 3 is 2.46 bits per heavy atom. The molecule has 2 bridgehead atoms. The third-order valence-electron chi connectivity index (χ3n) is 2.88. The second-order valence-electron chi connectivity index (χ2n) is 3.71. The molecule has 3 fully saturated rings. The Morgan fingerprint density at radius 2 is 2.08 bits per heavy atom. The fourth-order valence-corrected chi connectivity index (χ4v) is 2.12. The number of carbonyl (C=O) groups is 2. The maximum absolute atomic E-state index is 11.2. The maximum atomic E-state index is 11.2. The quantitative estimate of drug-likeness (QED) is 0.604. The van der Waals surface area contributed by atoms with Gasteiger partial charge in [0.25, 0.3) is 0 Å². The monoisotopic (exact) mass is 186 g/mol. The highest BCUT2D eigenvalue weighted by Gasteiger charge is 2.70. The van der Waals surface area contributed by atoms with E-state index in [0.717, 1.165) is 0 Å². The summed E-state index contributed by atoms with van der Waals surface area (Å²) < 4.78 is 9.72. The summed E-state index contributed by atoms with van der Waals surface area (Å²) in [5.41, 5.74) is -1.78. The molecule has 3 rings (SSSR count). The average Bonchev–Trinajstić information content (AvgIpc) is 2.57. The number of carboxylic acids is 1. The van der Waals surface area contributed by atoms with E-state index in [9.17, 15) is 9.59 Å². The van der Waals surface area contributed by atoms with Crippen LogP contribution in [0.2, 0.25) is 0 Å². The molecule has 3 aliphatic rings. The Balaban J connectivity index is 2.15. The van der Waals surface area contributed by atoms with Crippen molar-refractivity contribution < 1.29 is 24.2 Å². The van der Waals surface area contributed by atoms with E-state index in [1.54, 1.807) is 0 Å². The molecule has 0 aromatic rings. The molecular weight excluding hydrogens is 176 g/mol. The van der Waals surface area contributed by atoms with E-state index in [1.165, 1.54) is 7.11 Å². The third-order valence-corrected chi connectivity index (χ3v) is 2.88. The van der Waals surface area contributed by atoms with Crippen molar-refractivity contribution in [1.29, 1.82) is 0 Å². The summed E-state index contributed by atoms with van der Waals surface area (Å²) >= 11 is 0. The molecule has 0 amide bonds. The summed E-state index contributed by atoms with van der Waals surface area (Å²) in [6.07, 6.45) is 0.504. The minimum absolute atomic E-state index is 0.122. The van der Waals surface area contributed by atoms with Gasteiger partial charge in [-0.15, -0.1) is 0 Å². The molecule has 13 heavy (non-hydrogen) atoms. The number of fused-ring (bicyclic) bond motifs is 1. The maximum Gasteiger partial charge on any atom is 0.338 e. The topological polar surface area (TPSA) is 72.8 Å². The number of hydrogen-bond donors (Lipinski definition) is 1. The molecule has 0 unspecified atom stereocenters. The number of ether oxygens (including phenoxy) is 2. The zero-order valence-corrected chi connectivity index (χ0v) is 7.20. The van der Waals surface area contributed by atoms with Gasteiger partial charge >= 0.3 is 11.9 Å². The van der Waals surface area contributed by atoms with Gasteiger partial charge in [0.05, 0.1) is 19.1 Å². The lowest BCUT2D eigenvalue weighted by Gasteiger charge is -2.38. The van der Waals surface area contributed by atoms with Gasteiger partial charge in [-0.05, 0) is 0 Å². The van der Waals surface area contributed by atoms with Crippen LogP contribution in [0.25, 0.3) is 0 Å². The lowest BCUT2D eigenvalue weighted by atomic mass is 9.62. The first-order valence-corrected chi connectivity index (χ1v) is 4.00. The van der Waals surface area contributed by atoms with Gasteiger partial charge in [-0.2, -0.15) is 0 Å². The van der Waals surface area contributed by atoms with Crippen LogP contribution in [-0.2, 0) is 19.1 Å². The van der Waals surface area contributed by atoms with Gasteiger partial charge in [-0.1, -0.05) is 0 Å². The molecule has 0 aromatic carbocycles. The standard InChI is InChI=1S/C8H10O5/c1-12-6(11)8-2-7(3-8,4-13-8)5(9)10/h2-4H2,1H3,(H,9,10). The number of rotatable bonds is 2. The summed E-state index contributed by atoms with van der Waals surface area (Å²) in [4.78, 5) is 22.0. The highest BCUT2D eigenvalue weighted by Crippen LogP contribution is 2.58. The zero-order chi connectivity index (χ0) is 9.69. The van der Waals surface area contributed by atoms with Crippen molar-refractivity contribution >= 4 is 11.9 Å². The number of methoxy groups -OCH3 is 1. The summed E-state index contributed by atoms with van der Waals surface area (Å²) in [6, 6.07) is 0. The van der Waals surface area contributed by atoms with E-state index in [-0.39, 0.29) is 19.4 Å². The highest BCUT2D eigenvalue weighted by molar-refractivity contribution is 5.88. The second-order valence-corrected chi connectivity index (χ2v) is 3.71. The fraction of sp³-hybridized carbons (Fsp3) is 0.750. The smallest absolute Gasteiger partial charge is 0.338 e. The van der Waals surface area contributed by atoms with Crippen LogP contribution in [0.4, 0.5) is 0 Å². The first-order valence-electron chi connectivity index (χ1n) is 4.00. The van der Waals surface area contributed by atoms with E-state index < -0.39 is 23.0 Å². The molecule has 0 spiro atoms. The molecule has 0 atom stereocenters. The molecule has 2 aliphatic heterocycles. The number of carboxylic acid groups (broad SMARTS) is 1. The van der Waals surface area contributed by atoms with Gasteiger partial charge in [0.2, 0.25) is 0 Å². The molecule has 2 saturated heterocycles. The molecule has 72 valence electrons. The molecule has 0 radical (unpaired) electrons. The zero-order valence-electron chi connectivity index (χ0n) is 7.20. The molecular formula is C8H10O5. The van der Waals surface area contributed by atoms with E-state index in [1.807, 2.05) is 0 Å². The highest BCUT2D eigenvalue weighted by atomic mass is 16.6. The summed E-state index contributed by atoms with van der Waals surface area (Å²) in [5, 5.41) is 8.85. The number of aliphatic carboxylic acids is 1. The van der Waals surface area contributed by atoms with Crippen LogP contribution in [0, 0.1) is 5.41 Å². The van der Waals surface area contributed by atoms with Crippen LogP contribution < -0.4 is 0 Å². The van der Waals surface area contributed by atoms with Crippen LogP contribution in [0.15, 0.2) is 0 Å². The average molecular weight is 186 g/mol. The van der Waals surface area contributed by atoms with Crippen molar-refractivity contribution in [3.8, 4) is 0 Å². The van der Waals surface area contributed by atoms with Gasteiger partial charge in [0.15, 0.2) is 5.60 Å². The molecule has 1 aliphatic carbocycles.